The number of rotatable bonds is 8. The SMILES string of the molecule is CCCC[N+](C)(C)CC(F)(F)C(F)(F)C(F)(F)C(F)F. The van der Waals surface area contributed by atoms with Crippen molar-refractivity contribution in [3.05, 3.63) is 0 Å². The number of hydrogen-bond donors (Lipinski definition) is 0. The van der Waals surface area contributed by atoms with Gasteiger partial charge in [0, 0.05) is 0 Å². The van der Waals surface area contributed by atoms with Crippen LogP contribution >= 0.6 is 0 Å². The van der Waals surface area contributed by atoms with Gasteiger partial charge in [-0.1, -0.05) is 13.3 Å². The third-order valence-corrected chi connectivity index (χ3v) is 2.90. The van der Waals surface area contributed by atoms with Crippen LogP contribution in [0, 0.1) is 0 Å². The van der Waals surface area contributed by atoms with Crippen LogP contribution in [0.3, 0.4) is 0 Å². The van der Waals surface area contributed by atoms with E-state index in [1.807, 2.05) is 0 Å². The Labute approximate surface area is 112 Å². The number of quaternary nitrogens is 1. The highest BCUT2D eigenvalue weighted by molar-refractivity contribution is 4.97. The zero-order valence-electron chi connectivity index (χ0n) is 11.4. The summed E-state index contributed by atoms with van der Waals surface area (Å²) in [5.41, 5.74) is 0. The maximum absolute atomic E-state index is 13.4. The molecule has 0 aromatic rings. The molecule has 9 heteroatoms. The average molecular weight is 316 g/mol. The van der Waals surface area contributed by atoms with E-state index < -0.39 is 35.2 Å². The number of alkyl halides is 8. The van der Waals surface area contributed by atoms with Crippen molar-refractivity contribution in [2.24, 2.45) is 0 Å². The molecule has 0 aromatic carbocycles. The van der Waals surface area contributed by atoms with Crippen molar-refractivity contribution in [1.82, 2.24) is 0 Å². The highest BCUT2D eigenvalue weighted by Gasteiger charge is 2.76. The first-order chi connectivity index (χ1) is 8.71. The van der Waals surface area contributed by atoms with Crippen molar-refractivity contribution in [3.63, 3.8) is 0 Å². The van der Waals surface area contributed by atoms with Crippen LogP contribution in [-0.4, -0.2) is 55.9 Å². The minimum absolute atomic E-state index is 0.0441. The van der Waals surface area contributed by atoms with Gasteiger partial charge in [-0.25, -0.2) is 8.78 Å². The van der Waals surface area contributed by atoms with E-state index in [9.17, 15) is 35.1 Å². The summed E-state index contributed by atoms with van der Waals surface area (Å²) in [7, 11) is 2.31. The van der Waals surface area contributed by atoms with Crippen LogP contribution in [0.5, 0.6) is 0 Å². The second-order valence-corrected chi connectivity index (χ2v) is 5.37. The Hall–Kier alpha value is -0.600. The molecule has 0 bridgehead atoms. The fourth-order valence-electron chi connectivity index (χ4n) is 1.68. The smallest absolute Gasteiger partial charge is 0.323 e. The molecular formula is C11H18F8N+. The van der Waals surface area contributed by atoms with Gasteiger partial charge in [0.25, 0.3) is 0 Å². The number of nitrogens with zero attached hydrogens (tertiary/aromatic N) is 1. The second-order valence-electron chi connectivity index (χ2n) is 5.37. The van der Waals surface area contributed by atoms with Gasteiger partial charge in [0.15, 0.2) is 0 Å². The monoisotopic (exact) mass is 316 g/mol. The van der Waals surface area contributed by atoms with Crippen molar-refractivity contribution in [2.75, 3.05) is 27.2 Å². The molecule has 0 spiro atoms. The third-order valence-electron chi connectivity index (χ3n) is 2.90. The summed E-state index contributed by atoms with van der Waals surface area (Å²) in [6.45, 7) is 0.127. The van der Waals surface area contributed by atoms with Crippen LogP contribution in [0.25, 0.3) is 0 Å². The molecule has 0 saturated carbocycles. The van der Waals surface area contributed by atoms with Gasteiger partial charge in [-0.3, -0.25) is 0 Å². The Bertz CT molecular complexity index is 314. The predicted molar refractivity (Wildman–Crippen MR) is 57.6 cm³/mol. The molecule has 1 nitrogen and oxygen atoms in total. The summed E-state index contributed by atoms with van der Waals surface area (Å²) < 4.78 is 101. The van der Waals surface area contributed by atoms with Crippen molar-refractivity contribution >= 4 is 0 Å². The van der Waals surface area contributed by atoms with Crippen LogP contribution in [0.4, 0.5) is 35.1 Å². The third kappa shape index (κ3) is 3.95. The van der Waals surface area contributed by atoms with Gasteiger partial charge in [-0.05, 0) is 6.42 Å². The molecule has 0 unspecified atom stereocenters. The van der Waals surface area contributed by atoms with E-state index in [-0.39, 0.29) is 6.54 Å². The van der Waals surface area contributed by atoms with Gasteiger partial charge in [-0.15, -0.1) is 0 Å². The van der Waals surface area contributed by atoms with Gasteiger partial charge < -0.3 is 4.48 Å². The maximum atomic E-state index is 13.4. The van der Waals surface area contributed by atoms with Crippen LogP contribution in [0.1, 0.15) is 19.8 Å². The van der Waals surface area contributed by atoms with Crippen molar-refractivity contribution in [3.8, 4) is 0 Å². The molecule has 0 aliphatic rings. The lowest BCUT2D eigenvalue weighted by molar-refractivity contribution is -0.900. The molecule has 0 N–H and O–H groups in total. The van der Waals surface area contributed by atoms with Gasteiger partial charge >= 0.3 is 24.2 Å². The van der Waals surface area contributed by atoms with Crippen LogP contribution in [-0.2, 0) is 0 Å². The zero-order valence-corrected chi connectivity index (χ0v) is 11.4. The summed E-state index contributed by atoms with van der Waals surface area (Å²) in [4.78, 5) is 0. The van der Waals surface area contributed by atoms with Gasteiger partial charge in [-0.2, -0.15) is 26.3 Å². The number of halogens is 8. The van der Waals surface area contributed by atoms with E-state index in [0.717, 1.165) is 14.1 Å². The quantitative estimate of drug-likeness (QED) is 0.468. The van der Waals surface area contributed by atoms with Crippen LogP contribution < -0.4 is 0 Å². The molecule has 0 amide bonds. The molecule has 20 heavy (non-hydrogen) atoms. The molecule has 122 valence electrons. The lowest BCUT2D eigenvalue weighted by atomic mass is 10.0. The lowest BCUT2D eigenvalue weighted by Crippen LogP contribution is -2.63. The molecule has 0 heterocycles. The normalized spacial score (nSPS) is 15.0. The highest BCUT2D eigenvalue weighted by Crippen LogP contribution is 2.49. The Morgan fingerprint density at radius 2 is 1.40 bits per heavy atom. The summed E-state index contributed by atoms with van der Waals surface area (Å²) in [6.07, 6.45) is -3.86. The zero-order chi connectivity index (χ0) is 16.4. The standard InChI is InChI=1S/C11H18F8N/c1-4-5-6-20(2,3)7-9(14,15)11(18,19)10(16,17)8(12)13/h8H,4-7H2,1-3H3/q+1. The number of unbranched alkanes of at least 4 members (excludes halogenated alkanes) is 1. The summed E-state index contributed by atoms with van der Waals surface area (Å²) in [5, 5.41) is 0. The van der Waals surface area contributed by atoms with Gasteiger partial charge in [0.05, 0.1) is 20.6 Å². The molecule has 0 radical (unpaired) electrons. The largest absolute Gasteiger partial charge is 0.383 e. The van der Waals surface area contributed by atoms with Crippen LogP contribution in [0.15, 0.2) is 0 Å². The van der Waals surface area contributed by atoms with Crippen molar-refractivity contribution in [2.45, 2.75) is 44.0 Å². The minimum Gasteiger partial charge on any atom is -0.323 e. The Morgan fingerprint density at radius 3 is 1.75 bits per heavy atom. The van der Waals surface area contributed by atoms with E-state index in [0.29, 0.717) is 12.8 Å². The van der Waals surface area contributed by atoms with E-state index >= 15 is 0 Å². The molecule has 0 fully saturated rings. The Balaban J connectivity index is 5.21. The lowest BCUT2D eigenvalue weighted by Gasteiger charge is -2.38. The minimum atomic E-state index is -6.12. The molecule has 0 atom stereocenters. The van der Waals surface area contributed by atoms with E-state index in [4.69, 9.17) is 0 Å². The first kappa shape index (κ1) is 19.4. The van der Waals surface area contributed by atoms with E-state index in [1.165, 1.54) is 0 Å². The summed E-state index contributed by atoms with van der Waals surface area (Å²) in [6, 6.07) is 0. The Morgan fingerprint density at radius 1 is 0.950 bits per heavy atom. The second kappa shape index (κ2) is 6.03. The topological polar surface area (TPSA) is 0 Å². The maximum Gasteiger partial charge on any atom is 0.383 e. The molecule has 0 aromatic heterocycles. The average Bonchev–Trinajstić information content (AvgIpc) is 2.24. The molecule has 0 rings (SSSR count). The molecule has 0 saturated heterocycles. The molecule has 0 aliphatic heterocycles. The van der Waals surface area contributed by atoms with Crippen molar-refractivity contribution < 1.29 is 39.6 Å². The van der Waals surface area contributed by atoms with E-state index in [1.54, 1.807) is 6.92 Å². The van der Waals surface area contributed by atoms with E-state index in [2.05, 4.69) is 0 Å². The van der Waals surface area contributed by atoms with Crippen LogP contribution in [0.2, 0.25) is 0 Å². The number of hydrogen-bond acceptors (Lipinski definition) is 0. The fourth-order valence-corrected chi connectivity index (χ4v) is 1.68. The molecular weight excluding hydrogens is 298 g/mol. The molecule has 0 aliphatic carbocycles. The van der Waals surface area contributed by atoms with Gasteiger partial charge in [0.1, 0.15) is 6.54 Å². The van der Waals surface area contributed by atoms with Crippen molar-refractivity contribution in [1.29, 1.82) is 0 Å². The predicted octanol–water partition coefficient (Wildman–Crippen LogP) is 4.03. The first-order valence-electron chi connectivity index (χ1n) is 5.95. The Kier molecular flexibility index (Phi) is 5.85. The first-order valence-corrected chi connectivity index (χ1v) is 5.95. The summed E-state index contributed by atoms with van der Waals surface area (Å²) in [5.74, 6) is -17.4. The fraction of sp³-hybridized carbons (Fsp3) is 1.00. The van der Waals surface area contributed by atoms with Gasteiger partial charge in [0.2, 0.25) is 0 Å². The summed E-state index contributed by atoms with van der Waals surface area (Å²) >= 11 is 0. The highest BCUT2D eigenvalue weighted by atomic mass is 19.4.